The highest BCUT2D eigenvalue weighted by molar-refractivity contribution is 5.91. The molecule has 1 aromatic heterocycles. The molecule has 0 spiro atoms. The van der Waals surface area contributed by atoms with Gasteiger partial charge in [0.15, 0.2) is 0 Å². The normalized spacial score (nSPS) is 10.4. The molecule has 1 heterocycles. The van der Waals surface area contributed by atoms with Gasteiger partial charge in [0.25, 0.3) is 5.56 Å². The Balaban J connectivity index is 2.11. The average molecular weight is 287 g/mol. The predicted molar refractivity (Wildman–Crippen MR) is 80.2 cm³/mol. The van der Waals surface area contributed by atoms with E-state index in [9.17, 15) is 9.59 Å². The summed E-state index contributed by atoms with van der Waals surface area (Å²) in [6.07, 6.45) is 0.318. The Bertz CT molecular complexity index is 677. The van der Waals surface area contributed by atoms with E-state index < -0.39 is 0 Å². The van der Waals surface area contributed by atoms with E-state index in [2.05, 4.69) is 15.5 Å². The van der Waals surface area contributed by atoms with Crippen molar-refractivity contribution in [3.8, 4) is 11.3 Å². The molecule has 2 N–H and O–H groups in total. The fraction of sp³-hybridized carbons (Fsp3) is 0.267. The van der Waals surface area contributed by atoms with Crippen LogP contribution in [0.3, 0.4) is 0 Å². The number of rotatable bonds is 5. The van der Waals surface area contributed by atoms with Gasteiger partial charge in [0.05, 0.1) is 18.7 Å². The number of anilines is 1. The molecule has 0 bridgehead atoms. The summed E-state index contributed by atoms with van der Waals surface area (Å²) in [4.78, 5) is 22.7. The smallest absolute Gasteiger partial charge is 0.264 e. The molecule has 110 valence electrons. The fourth-order valence-corrected chi connectivity index (χ4v) is 1.92. The lowest BCUT2D eigenvalue weighted by molar-refractivity contribution is -0.117. The van der Waals surface area contributed by atoms with Crippen LogP contribution >= 0.6 is 0 Å². The van der Waals surface area contributed by atoms with Gasteiger partial charge >= 0.3 is 0 Å². The van der Waals surface area contributed by atoms with Crippen molar-refractivity contribution in [1.82, 2.24) is 10.2 Å². The Labute approximate surface area is 122 Å². The van der Waals surface area contributed by atoms with E-state index in [1.807, 2.05) is 19.1 Å². The molecule has 2 aromatic rings. The third kappa shape index (κ3) is 4.00. The number of aryl methyl sites for hydroxylation is 1. The number of carbonyl (C=O) groups is 1. The van der Waals surface area contributed by atoms with Gasteiger partial charge in [-0.05, 0) is 24.6 Å². The van der Waals surface area contributed by atoms with E-state index in [1.54, 1.807) is 19.2 Å². The number of nitrogens with zero attached hydrogens (tertiary/aromatic N) is 1. The van der Waals surface area contributed by atoms with Gasteiger partial charge in [-0.1, -0.05) is 12.1 Å². The molecular weight excluding hydrogens is 270 g/mol. The maximum absolute atomic E-state index is 11.6. The molecule has 2 rings (SSSR count). The second-order valence-electron chi connectivity index (χ2n) is 4.63. The van der Waals surface area contributed by atoms with Gasteiger partial charge in [-0.15, -0.1) is 0 Å². The number of nitrogens with one attached hydrogen (secondary N) is 2. The van der Waals surface area contributed by atoms with Crippen LogP contribution in [0, 0.1) is 6.92 Å². The maximum atomic E-state index is 11.6. The summed E-state index contributed by atoms with van der Waals surface area (Å²) in [5.74, 6) is -0.0945. The number of hydrogen-bond acceptors (Lipinski definition) is 4. The second kappa shape index (κ2) is 6.81. The lowest BCUT2D eigenvalue weighted by Gasteiger charge is -2.07. The van der Waals surface area contributed by atoms with E-state index in [0.717, 1.165) is 11.1 Å². The molecule has 0 radical (unpaired) electrons. The number of aromatic nitrogens is 2. The van der Waals surface area contributed by atoms with Gasteiger partial charge in [0.2, 0.25) is 5.91 Å². The van der Waals surface area contributed by atoms with E-state index in [0.29, 0.717) is 24.4 Å². The van der Waals surface area contributed by atoms with Crippen molar-refractivity contribution in [2.24, 2.45) is 0 Å². The van der Waals surface area contributed by atoms with Gasteiger partial charge in [-0.2, -0.15) is 5.10 Å². The topological polar surface area (TPSA) is 84.1 Å². The van der Waals surface area contributed by atoms with E-state index in [-0.39, 0.29) is 11.5 Å². The summed E-state index contributed by atoms with van der Waals surface area (Å²) in [6.45, 7) is 2.22. The third-order valence-electron chi connectivity index (χ3n) is 2.97. The summed E-state index contributed by atoms with van der Waals surface area (Å²) in [7, 11) is 1.56. The van der Waals surface area contributed by atoms with Crippen molar-refractivity contribution < 1.29 is 9.53 Å². The van der Waals surface area contributed by atoms with Crippen LogP contribution in [-0.4, -0.2) is 29.8 Å². The van der Waals surface area contributed by atoms with Gasteiger partial charge in [-0.3, -0.25) is 9.59 Å². The van der Waals surface area contributed by atoms with Crippen molar-refractivity contribution in [3.05, 3.63) is 46.2 Å². The Morgan fingerprint density at radius 1 is 1.33 bits per heavy atom. The standard InChI is InChI=1S/C15H17N3O3/c1-10-9-14(20)17-18-15(10)11-3-5-12(6-4-11)16-13(19)7-8-21-2/h3-6,9H,7-8H2,1-2H3,(H,16,19)(H,17,20). The largest absolute Gasteiger partial charge is 0.384 e. The molecule has 0 fully saturated rings. The number of aromatic amines is 1. The molecule has 0 saturated heterocycles. The molecule has 0 saturated carbocycles. The van der Waals surface area contributed by atoms with Crippen LogP contribution in [0.25, 0.3) is 11.3 Å². The molecule has 21 heavy (non-hydrogen) atoms. The monoisotopic (exact) mass is 287 g/mol. The SMILES string of the molecule is COCCC(=O)Nc1ccc(-c2n[nH]c(=O)cc2C)cc1. The number of carbonyl (C=O) groups excluding carboxylic acids is 1. The summed E-state index contributed by atoms with van der Waals surface area (Å²) < 4.78 is 4.85. The van der Waals surface area contributed by atoms with E-state index in [1.165, 1.54) is 6.07 Å². The summed E-state index contributed by atoms with van der Waals surface area (Å²) in [5.41, 5.74) is 2.88. The van der Waals surface area contributed by atoms with Crippen molar-refractivity contribution >= 4 is 11.6 Å². The first kappa shape index (κ1) is 14.9. The van der Waals surface area contributed by atoms with Crippen LogP contribution in [0.2, 0.25) is 0 Å². The molecule has 1 aromatic carbocycles. The number of amides is 1. The number of H-pyrrole nitrogens is 1. The number of hydrogen-bond donors (Lipinski definition) is 2. The average Bonchev–Trinajstić information content (AvgIpc) is 2.46. The molecule has 0 aliphatic carbocycles. The summed E-state index contributed by atoms with van der Waals surface area (Å²) in [5, 5.41) is 9.24. The molecular formula is C15H17N3O3. The van der Waals surface area contributed by atoms with Crippen LogP contribution in [-0.2, 0) is 9.53 Å². The number of methoxy groups -OCH3 is 1. The van der Waals surface area contributed by atoms with Crippen LogP contribution in [0.1, 0.15) is 12.0 Å². The Hall–Kier alpha value is -2.47. The predicted octanol–water partition coefficient (Wildman–Crippen LogP) is 1.72. The highest BCUT2D eigenvalue weighted by Gasteiger charge is 2.06. The minimum Gasteiger partial charge on any atom is -0.384 e. The van der Waals surface area contributed by atoms with Crippen LogP contribution in [0.4, 0.5) is 5.69 Å². The van der Waals surface area contributed by atoms with Crippen LogP contribution in [0.5, 0.6) is 0 Å². The van der Waals surface area contributed by atoms with Gasteiger partial charge in [0.1, 0.15) is 0 Å². The Kier molecular flexibility index (Phi) is 4.84. The third-order valence-corrected chi connectivity index (χ3v) is 2.97. The highest BCUT2D eigenvalue weighted by Crippen LogP contribution is 2.21. The first-order valence-corrected chi connectivity index (χ1v) is 6.55. The Morgan fingerprint density at radius 2 is 2.05 bits per heavy atom. The zero-order valence-corrected chi connectivity index (χ0v) is 12.0. The lowest BCUT2D eigenvalue weighted by atomic mass is 10.1. The quantitative estimate of drug-likeness (QED) is 0.877. The van der Waals surface area contributed by atoms with E-state index in [4.69, 9.17) is 4.74 Å². The molecule has 6 heteroatoms. The van der Waals surface area contributed by atoms with Crippen LogP contribution in [0.15, 0.2) is 35.1 Å². The molecule has 0 aliphatic rings. The van der Waals surface area contributed by atoms with E-state index >= 15 is 0 Å². The van der Waals surface area contributed by atoms with Crippen molar-refractivity contribution in [3.63, 3.8) is 0 Å². The lowest BCUT2D eigenvalue weighted by Crippen LogP contribution is -2.13. The second-order valence-corrected chi connectivity index (χ2v) is 4.63. The van der Waals surface area contributed by atoms with Crippen molar-refractivity contribution in [2.45, 2.75) is 13.3 Å². The molecule has 0 unspecified atom stereocenters. The molecule has 1 amide bonds. The van der Waals surface area contributed by atoms with Gasteiger partial charge in [-0.25, -0.2) is 5.10 Å². The number of benzene rings is 1. The first-order chi connectivity index (χ1) is 10.1. The minimum absolute atomic E-state index is 0.0945. The van der Waals surface area contributed by atoms with Crippen molar-refractivity contribution in [2.75, 3.05) is 19.0 Å². The summed E-state index contributed by atoms with van der Waals surface area (Å²) >= 11 is 0. The van der Waals surface area contributed by atoms with Crippen molar-refractivity contribution in [1.29, 1.82) is 0 Å². The zero-order chi connectivity index (χ0) is 15.2. The number of ether oxygens (including phenoxy) is 1. The van der Waals surface area contributed by atoms with Gasteiger partial charge < -0.3 is 10.1 Å². The van der Waals surface area contributed by atoms with Gasteiger partial charge in [0, 0.05) is 24.4 Å². The minimum atomic E-state index is -0.224. The fourth-order valence-electron chi connectivity index (χ4n) is 1.92. The highest BCUT2D eigenvalue weighted by atomic mass is 16.5. The summed E-state index contributed by atoms with van der Waals surface area (Å²) in [6, 6.07) is 8.79. The molecule has 0 aliphatic heterocycles. The molecule has 0 atom stereocenters. The maximum Gasteiger partial charge on any atom is 0.264 e. The Morgan fingerprint density at radius 3 is 2.67 bits per heavy atom. The zero-order valence-electron chi connectivity index (χ0n) is 12.0. The molecule has 6 nitrogen and oxygen atoms in total. The first-order valence-electron chi connectivity index (χ1n) is 6.55. The van der Waals surface area contributed by atoms with Crippen LogP contribution < -0.4 is 10.9 Å².